The molecular formula is C9H21N3O2. The summed E-state index contributed by atoms with van der Waals surface area (Å²) in [5.74, 6) is -0.338. The third-order valence-electron chi connectivity index (χ3n) is 1.86. The average Bonchev–Trinajstić information content (AvgIpc) is 2.18. The summed E-state index contributed by atoms with van der Waals surface area (Å²) in [4.78, 5) is 11.2. The number of hydrogen-bond donors (Lipinski definition) is 3. The molecule has 0 amide bonds. The minimum absolute atomic E-state index is 0.338. The summed E-state index contributed by atoms with van der Waals surface area (Å²) in [6.07, 6.45) is 3.08. The fourth-order valence-electron chi connectivity index (χ4n) is 0.990. The molecule has 0 aromatic carbocycles. The van der Waals surface area contributed by atoms with E-state index in [1.807, 2.05) is 0 Å². The van der Waals surface area contributed by atoms with E-state index in [0.717, 1.165) is 12.8 Å². The Morgan fingerprint density at radius 2 is 1.79 bits per heavy atom. The molecule has 0 saturated heterocycles. The van der Waals surface area contributed by atoms with Gasteiger partial charge >= 0.3 is 5.97 Å². The Labute approximate surface area is 85.0 Å². The van der Waals surface area contributed by atoms with Gasteiger partial charge in [0.1, 0.15) is 6.04 Å². The predicted octanol–water partition coefficient (Wildman–Crippen LogP) is -0.665. The van der Waals surface area contributed by atoms with Crippen LogP contribution in [0, 0.1) is 0 Å². The Kier molecular flexibility index (Phi) is 8.51. The topological polar surface area (TPSA) is 104 Å². The number of ether oxygens (including phenoxy) is 1. The largest absolute Gasteiger partial charge is 0.464 e. The number of unbranched alkanes of at least 4 members (excludes halogenated alkanes) is 1. The Morgan fingerprint density at radius 1 is 1.14 bits per heavy atom. The molecule has 14 heavy (non-hydrogen) atoms. The van der Waals surface area contributed by atoms with Crippen LogP contribution in [0.15, 0.2) is 0 Å². The summed E-state index contributed by atoms with van der Waals surface area (Å²) in [6, 6.07) is -0.515. The standard InChI is InChI=1S/C9H21N3O2/c10-5-2-1-4-8(12)9(13)14-7-3-6-11/h8H,1-7,10-12H2/t8-/m0/s1. The molecule has 84 valence electrons. The second-order valence-corrected chi connectivity index (χ2v) is 3.20. The molecule has 5 heteroatoms. The van der Waals surface area contributed by atoms with Gasteiger partial charge in [-0.1, -0.05) is 6.42 Å². The molecule has 0 aliphatic carbocycles. The Balaban J connectivity index is 3.44. The first-order valence-corrected chi connectivity index (χ1v) is 5.04. The SMILES string of the molecule is NCCCC[C@H](N)C(=O)OCCCN. The van der Waals surface area contributed by atoms with Crippen molar-refractivity contribution in [3.63, 3.8) is 0 Å². The molecule has 0 radical (unpaired) electrons. The monoisotopic (exact) mass is 203 g/mol. The van der Waals surface area contributed by atoms with Crippen LogP contribution in [-0.2, 0) is 9.53 Å². The summed E-state index contributed by atoms with van der Waals surface area (Å²) in [5, 5.41) is 0. The minimum atomic E-state index is -0.515. The predicted molar refractivity (Wildman–Crippen MR) is 55.5 cm³/mol. The van der Waals surface area contributed by atoms with Crippen LogP contribution in [0.2, 0.25) is 0 Å². The number of carbonyl (C=O) groups excluding carboxylic acids is 1. The van der Waals surface area contributed by atoms with E-state index in [1.54, 1.807) is 0 Å². The molecule has 0 heterocycles. The summed E-state index contributed by atoms with van der Waals surface area (Å²) < 4.78 is 4.90. The summed E-state index contributed by atoms with van der Waals surface area (Å²) in [6.45, 7) is 1.52. The third-order valence-corrected chi connectivity index (χ3v) is 1.86. The van der Waals surface area contributed by atoms with Gasteiger partial charge in [-0.05, 0) is 32.4 Å². The number of carbonyl (C=O) groups is 1. The van der Waals surface area contributed by atoms with Crippen molar-refractivity contribution in [2.75, 3.05) is 19.7 Å². The molecular weight excluding hydrogens is 182 g/mol. The maximum absolute atomic E-state index is 11.2. The van der Waals surface area contributed by atoms with E-state index < -0.39 is 6.04 Å². The fraction of sp³-hybridized carbons (Fsp3) is 0.889. The number of hydrogen-bond acceptors (Lipinski definition) is 5. The normalized spacial score (nSPS) is 12.5. The molecule has 0 aromatic heterocycles. The zero-order chi connectivity index (χ0) is 10.8. The van der Waals surface area contributed by atoms with E-state index in [9.17, 15) is 4.79 Å². The first-order chi connectivity index (χ1) is 6.72. The van der Waals surface area contributed by atoms with Gasteiger partial charge in [-0.2, -0.15) is 0 Å². The molecule has 0 spiro atoms. The van der Waals surface area contributed by atoms with Gasteiger partial charge in [0.2, 0.25) is 0 Å². The maximum atomic E-state index is 11.2. The zero-order valence-electron chi connectivity index (χ0n) is 8.58. The molecule has 0 bridgehead atoms. The summed E-state index contributed by atoms with van der Waals surface area (Å²) in [5.41, 5.74) is 16.2. The minimum Gasteiger partial charge on any atom is -0.464 e. The Morgan fingerprint density at radius 3 is 2.36 bits per heavy atom. The average molecular weight is 203 g/mol. The van der Waals surface area contributed by atoms with Crippen molar-refractivity contribution in [3.05, 3.63) is 0 Å². The Bertz CT molecular complexity index is 153. The number of rotatable bonds is 8. The molecule has 0 rings (SSSR count). The van der Waals surface area contributed by atoms with Gasteiger partial charge in [-0.25, -0.2) is 0 Å². The smallest absolute Gasteiger partial charge is 0.322 e. The highest BCUT2D eigenvalue weighted by Gasteiger charge is 2.13. The zero-order valence-corrected chi connectivity index (χ0v) is 8.58. The second kappa shape index (κ2) is 8.93. The van der Waals surface area contributed by atoms with Gasteiger partial charge in [-0.15, -0.1) is 0 Å². The van der Waals surface area contributed by atoms with Gasteiger partial charge in [-0.3, -0.25) is 4.79 Å². The molecule has 0 unspecified atom stereocenters. The van der Waals surface area contributed by atoms with Crippen LogP contribution in [-0.4, -0.2) is 31.7 Å². The molecule has 1 atom stereocenters. The van der Waals surface area contributed by atoms with Gasteiger partial charge in [0, 0.05) is 0 Å². The molecule has 0 aliphatic heterocycles. The lowest BCUT2D eigenvalue weighted by Crippen LogP contribution is -2.32. The van der Waals surface area contributed by atoms with Crippen molar-refractivity contribution in [1.82, 2.24) is 0 Å². The van der Waals surface area contributed by atoms with Crippen LogP contribution in [0.25, 0.3) is 0 Å². The van der Waals surface area contributed by atoms with Gasteiger partial charge in [0.25, 0.3) is 0 Å². The van der Waals surface area contributed by atoms with Gasteiger partial charge in [0.05, 0.1) is 6.61 Å². The fourth-order valence-corrected chi connectivity index (χ4v) is 0.990. The van der Waals surface area contributed by atoms with Crippen LogP contribution < -0.4 is 17.2 Å². The van der Waals surface area contributed by atoms with Crippen LogP contribution in [0.5, 0.6) is 0 Å². The first-order valence-electron chi connectivity index (χ1n) is 5.04. The molecule has 0 fully saturated rings. The van der Waals surface area contributed by atoms with Crippen LogP contribution in [0.1, 0.15) is 25.7 Å². The summed E-state index contributed by atoms with van der Waals surface area (Å²) >= 11 is 0. The van der Waals surface area contributed by atoms with Crippen LogP contribution >= 0.6 is 0 Å². The number of nitrogens with two attached hydrogens (primary N) is 3. The highest BCUT2D eigenvalue weighted by Crippen LogP contribution is 2.00. The van der Waals surface area contributed by atoms with Crippen LogP contribution in [0.3, 0.4) is 0 Å². The van der Waals surface area contributed by atoms with Crippen molar-refractivity contribution < 1.29 is 9.53 Å². The highest BCUT2D eigenvalue weighted by atomic mass is 16.5. The molecule has 6 N–H and O–H groups in total. The first kappa shape index (κ1) is 13.4. The van der Waals surface area contributed by atoms with Crippen molar-refractivity contribution in [2.45, 2.75) is 31.7 Å². The van der Waals surface area contributed by atoms with Crippen molar-refractivity contribution in [1.29, 1.82) is 0 Å². The van der Waals surface area contributed by atoms with E-state index in [4.69, 9.17) is 21.9 Å². The molecule has 0 saturated carbocycles. The molecule has 0 aromatic rings. The van der Waals surface area contributed by atoms with Gasteiger partial charge < -0.3 is 21.9 Å². The van der Waals surface area contributed by atoms with E-state index in [0.29, 0.717) is 32.5 Å². The van der Waals surface area contributed by atoms with Crippen LogP contribution in [0.4, 0.5) is 0 Å². The van der Waals surface area contributed by atoms with Gasteiger partial charge in [0.15, 0.2) is 0 Å². The summed E-state index contributed by atoms with van der Waals surface area (Å²) in [7, 11) is 0. The van der Waals surface area contributed by atoms with Crippen molar-refractivity contribution >= 4 is 5.97 Å². The maximum Gasteiger partial charge on any atom is 0.322 e. The van der Waals surface area contributed by atoms with E-state index in [2.05, 4.69) is 0 Å². The number of esters is 1. The molecule has 0 aliphatic rings. The van der Waals surface area contributed by atoms with Crippen molar-refractivity contribution in [3.8, 4) is 0 Å². The highest BCUT2D eigenvalue weighted by molar-refractivity contribution is 5.75. The lowest BCUT2D eigenvalue weighted by molar-refractivity contribution is -0.145. The van der Waals surface area contributed by atoms with E-state index in [-0.39, 0.29) is 5.97 Å². The molecule has 5 nitrogen and oxygen atoms in total. The van der Waals surface area contributed by atoms with E-state index in [1.165, 1.54) is 0 Å². The lowest BCUT2D eigenvalue weighted by Gasteiger charge is -2.10. The lowest BCUT2D eigenvalue weighted by atomic mass is 10.1. The quantitative estimate of drug-likeness (QED) is 0.358. The third kappa shape index (κ3) is 6.82. The Hall–Kier alpha value is -0.650. The second-order valence-electron chi connectivity index (χ2n) is 3.20. The van der Waals surface area contributed by atoms with E-state index >= 15 is 0 Å². The van der Waals surface area contributed by atoms with Crippen molar-refractivity contribution in [2.24, 2.45) is 17.2 Å².